The van der Waals surface area contributed by atoms with Crippen LogP contribution in [0.2, 0.25) is 0 Å². The van der Waals surface area contributed by atoms with Crippen molar-refractivity contribution in [2.75, 3.05) is 4.90 Å². The van der Waals surface area contributed by atoms with Crippen molar-refractivity contribution in [3.05, 3.63) is 164 Å². The second-order valence-electron chi connectivity index (χ2n) is 12.1. The summed E-state index contributed by atoms with van der Waals surface area (Å²) in [6.45, 7) is 0. The number of rotatable bonds is 4. The number of nitrogens with zero attached hydrogens (tertiary/aromatic N) is 1. The zero-order valence-electron chi connectivity index (χ0n) is 25.4. The molecule has 0 radical (unpaired) electrons. The molecule has 2 aromatic heterocycles. The molecule has 2 heterocycles. The van der Waals surface area contributed by atoms with E-state index in [1.54, 1.807) is 0 Å². The Morgan fingerprint density at radius 1 is 0.468 bits per heavy atom. The van der Waals surface area contributed by atoms with Crippen molar-refractivity contribution in [1.29, 1.82) is 0 Å². The lowest BCUT2D eigenvalue weighted by atomic mass is 9.98. The molecule has 0 unspecified atom stereocenters. The van der Waals surface area contributed by atoms with Crippen molar-refractivity contribution >= 4 is 92.1 Å². The number of thiophene rings is 1. The first-order valence-corrected chi connectivity index (χ1v) is 16.7. The fraction of sp³-hybridized carbons (Fsp3) is 0. The van der Waals surface area contributed by atoms with Crippen LogP contribution in [0.25, 0.3) is 74.8 Å². The van der Waals surface area contributed by atoms with E-state index in [2.05, 4.69) is 163 Å². The summed E-state index contributed by atoms with van der Waals surface area (Å²) >= 11 is 1.86. The van der Waals surface area contributed by atoms with Crippen LogP contribution in [-0.2, 0) is 0 Å². The summed E-state index contributed by atoms with van der Waals surface area (Å²) < 4.78 is 9.21. The van der Waals surface area contributed by atoms with E-state index < -0.39 is 0 Å². The van der Waals surface area contributed by atoms with Gasteiger partial charge in [-0.3, -0.25) is 0 Å². The van der Waals surface area contributed by atoms with Crippen molar-refractivity contribution in [2.24, 2.45) is 0 Å². The van der Waals surface area contributed by atoms with E-state index in [4.69, 9.17) is 4.42 Å². The molecule has 0 N–H and O–H groups in total. The highest BCUT2D eigenvalue weighted by molar-refractivity contribution is 7.26. The van der Waals surface area contributed by atoms with Gasteiger partial charge < -0.3 is 9.32 Å². The molecule has 0 saturated heterocycles. The maximum Gasteiger partial charge on any atom is 0.159 e. The molecule has 8 aromatic carbocycles. The maximum atomic E-state index is 6.67. The van der Waals surface area contributed by atoms with E-state index in [1.165, 1.54) is 52.8 Å². The van der Waals surface area contributed by atoms with Crippen LogP contribution in [0.1, 0.15) is 0 Å². The van der Waals surface area contributed by atoms with E-state index in [9.17, 15) is 0 Å². The van der Waals surface area contributed by atoms with Crippen LogP contribution in [0.15, 0.2) is 168 Å². The van der Waals surface area contributed by atoms with Crippen molar-refractivity contribution in [3.8, 4) is 11.1 Å². The summed E-state index contributed by atoms with van der Waals surface area (Å²) in [7, 11) is 0. The minimum Gasteiger partial charge on any atom is -0.454 e. The summed E-state index contributed by atoms with van der Waals surface area (Å²) in [5.41, 5.74) is 7.45. The van der Waals surface area contributed by atoms with Crippen LogP contribution in [0.3, 0.4) is 0 Å². The molecule has 0 aliphatic rings. The van der Waals surface area contributed by atoms with Crippen LogP contribution in [0, 0.1) is 0 Å². The van der Waals surface area contributed by atoms with Crippen molar-refractivity contribution in [2.45, 2.75) is 0 Å². The molecular formula is C44H27NOS. The van der Waals surface area contributed by atoms with Crippen molar-refractivity contribution in [3.63, 3.8) is 0 Å². The normalized spacial score (nSPS) is 11.8. The highest BCUT2D eigenvalue weighted by atomic mass is 32.1. The van der Waals surface area contributed by atoms with E-state index >= 15 is 0 Å². The second kappa shape index (κ2) is 10.3. The number of para-hydroxylation sites is 2. The molecule has 0 fully saturated rings. The highest BCUT2D eigenvalue weighted by Crippen LogP contribution is 2.50. The molecule has 0 amide bonds. The van der Waals surface area contributed by atoms with Crippen LogP contribution >= 0.6 is 11.3 Å². The summed E-state index contributed by atoms with van der Waals surface area (Å²) in [4.78, 5) is 2.40. The quantitative estimate of drug-likeness (QED) is 0.195. The van der Waals surface area contributed by atoms with E-state index in [1.807, 2.05) is 17.4 Å². The van der Waals surface area contributed by atoms with Crippen LogP contribution < -0.4 is 4.90 Å². The Balaban J connectivity index is 1.27. The van der Waals surface area contributed by atoms with Gasteiger partial charge in [-0.2, -0.15) is 0 Å². The lowest BCUT2D eigenvalue weighted by molar-refractivity contribution is 0.669. The first-order valence-electron chi connectivity index (χ1n) is 15.9. The number of anilines is 3. The molecule has 0 aliphatic carbocycles. The Bertz CT molecular complexity index is 2800. The van der Waals surface area contributed by atoms with Crippen LogP contribution in [0.5, 0.6) is 0 Å². The fourth-order valence-electron chi connectivity index (χ4n) is 7.31. The molecule has 220 valence electrons. The SMILES string of the molecule is c1ccc2c(-c3ccc(N(c4cccc5c4oc4ccccc45)c4cc5ccccc5c5c4sc4ccccc45)cc3)cccc2c1. The predicted octanol–water partition coefficient (Wildman–Crippen LogP) is 13.4. The average molecular weight is 618 g/mol. The summed E-state index contributed by atoms with van der Waals surface area (Å²) in [6, 6.07) is 58.9. The van der Waals surface area contributed by atoms with Gasteiger partial charge in [-0.05, 0) is 69.1 Å². The molecule has 10 aromatic rings. The zero-order valence-corrected chi connectivity index (χ0v) is 26.2. The smallest absolute Gasteiger partial charge is 0.159 e. The summed E-state index contributed by atoms with van der Waals surface area (Å²) in [6.07, 6.45) is 0. The molecule has 0 bridgehead atoms. The van der Waals surface area contributed by atoms with Gasteiger partial charge in [0.2, 0.25) is 0 Å². The lowest BCUT2D eigenvalue weighted by Crippen LogP contribution is -2.10. The molecule has 0 saturated carbocycles. The number of fused-ring (bicyclic) bond motifs is 9. The first kappa shape index (κ1) is 26.3. The van der Waals surface area contributed by atoms with Crippen molar-refractivity contribution < 1.29 is 4.42 Å². The average Bonchev–Trinajstić information content (AvgIpc) is 3.72. The Hall–Kier alpha value is -5.90. The third-order valence-corrected chi connectivity index (χ3v) is 10.6. The zero-order chi connectivity index (χ0) is 30.9. The van der Waals surface area contributed by atoms with Gasteiger partial charge in [0, 0.05) is 31.9 Å². The van der Waals surface area contributed by atoms with E-state index in [0.29, 0.717) is 0 Å². The molecule has 47 heavy (non-hydrogen) atoms. The van der Waals surface area contributed by atoms with Crippen LogP contribution in [-0.4, -0.2) is 0 Å². The molecule has 0 atom stereocenters. The highest BCUT2D eigenvalue weighted by Gasteiger charge is 2.24. The topological polar surface area (TPSA) is 16.4 Å². The van der Waals surface area contributed by atoms with E-state index in [0.717, 1.165) is 39.0 Å². The fourth-order valence-corrected chi connectivity index (χ4v) is 8.53. The largest absolute Gasteiger partial charge is 0.454 e. The summed E-state index contributed by atoms with van der Waals surface area (Å²) in [5.74, 6) is 0. The molecule has 2 nitrogen and oxygen atoms in total. The monoisotopic (exact) mass is 617 g/mol. The maximum absolute atomic E-state index is 6.67. The van der Waals surface area contributed by atoms with Gasteiger partial charge in [0.25, 0.3) is 0 Å². The Morgan fingerprint density at radius 3 is 2.00 bits per heavy atom. The number of hydrogen-bond donors (Lipinski definition) is 0. The van der Waals surface area contributed by atoms with Crippen molar-refractivity contribution in [1.82, 2.24) is 0 Å². The Labute approximate surface area is 275 Å². The Kier molecular flexibility index (Phi) is 5.78. The molecule has 10 rings (SSSR count). The number of hydrogen-bond acceptors (Lipinski definition) is 3. The third-order valence-electron chi connectivity index (χ3n) is 9.44. The van der Waals surface area contributed by atoms with E-state index in [-0.39, 0.29) is 0 Å². The van der Waals surface area contributed by atoms with Gasteiger partial charge in [-0.15, -0.1) is 11.3 Å². The predicted molar refractivity (Wildman–Crippen MR) is 202 cm³/mol. The minimum atomic E-state index is 0.884. The van der Waals surface area contributed by atoms with Gasteiger partial charge in [0.15, 0.2) is 5.58 Å². The minimum absolute atomic E-state index is 0.884. The molecular weight excluding hydrogens is 591 g/mol. The van der Waals surface area contributed by atoms with Gasteiger partial charge in [-0.25, -0.2) is 0 Å². The summed E-state index contributed by atoms with van der Waals surface area (Å²) in [5, 5.41) is 9.82. The van der Waals surface area contributed by atoms with Gasteiger partial charge >= 0.3 is 0 Å². The number of benzene rings is 8. The lowest BCUT2D eigenvalue weighted by Gasteiger charge is -2.27. The molecule has 0 aliphatic heterocycles. The standard InChI is InChI=1S/C44H27NOS/c1-3-14-32-28(11-1)13-9-18-33(32)29-23-25-31(26-24-29)45(38-20-10-19-36-35-16-5-7-21-40(35)46-43(36)38)39-27-30-12-2-4-15-34(30)42-37-17-6-8-22-41(37)47-44(39)42/h1-27H. The van der Waals surface area contributed by atoms with Gasteiger partial charge in [0.05, 0.1) is 16.1 Å². The Morgan fingerprint density at radius 2 is 1.13 bits per heavy atom. The van der Waals surface area contributed by atoms with Crippen LogP contribution in [0.4, 0.5) is 17.1 Å². The first-order chi connectivity index (χ1) is 23.3. The molecule has 3 heteroatoms. The van der Waals surface area contributed by atoms with Gasteiger partial charge in [0.1, 0.15) is 5.58 Å². The molecule has 0 spiro atoms. The third kappa shape index (κ3) is 4.04. The number of furan rings is 1. The van der Waals surface area contributed by atoms with Gasteiger partial charge in [-0.1, -0.05) is 127 Å². The second-order valence-corrected chi connectivity index (χ2v) is 13.1.